The summed E-state index contributed by atoms with van der Waals surface area (Å²) in [5, 5.41) is 0.103. The molecule has 1 aromatic rings. The van der Waals surface area contributed by atoms with Crippen LogP contribution in [0.3, 0.4) is 0 Å². The Morgan fingerprint density at radius 2 is 2.10 bits per heavy atom. The highest BCUT2D eigenvalue weighted by atomic mass is 35.5. The van der Waals surface area contributed by atoms with Gasteiger partial charge in [0.05, 0.1) is 17.0 Å². The summed E-state index contributed by atoms with van der Waals surface area (Å²) in [7, 11) is -2.39. The summed E-state index contributed by atoms with van der Waals surface area (Å²) < 4.78 is 36.3. The second kappa shape index (κ2) is 7.63. The van der Waals surface area contributed by atoms with Gasteiger partial charge in [-0.2, -0.15) is 0 Å². The van der Waals surface area contributed by atoms with Crippen LogP contribution < -0.4 is 9.46 Å². The molecular weight excluding hydrogens is 318 g/mol. The number of carbonyl (C=O) groups is 1. The van der Waals surface area contributed by atoms with E-state index in [0.29, 0.717) is 6.42 Å². The highest BCUT2D eigenvalue weighted by molar-refractivity contribution is 7.89. The fraction of sp³-hybridized carbons (Fsp3) is 0.462. The number of ether oxygens (including phenoxy) is 2. The van der Waals surface area contributed by atoms with Crippen LogP contribution in [0.5, 0.6) is 5.75 Å². The Kier molecular flexibility index (Phi) is 6.44. The molecule has 0 radical (unpaired) electrons. The van der Waals surface area contributed by atoms with Crippen molar-refractivity contribution >= 4 is 27.6 Å². The van der Waals surface area contributed by atoms with E-state index >= 15 is 0 Å². The lowest BCUT2D eigenvalue weighted by atomic mass is 10.3. The highest BCUT2D eigenvalue weighted by Gasteiger charge is 2.18. The predicted octanol–water partition coefficient (Wildman–Crippen LogP) is 1.97. The van der Waals surface area contributed by atoms with E-state index in [1.165, 1.54) is 25.3 Å². The number of halogens is 1. The summed E-state index contributed by atoms with van der Waals surface area (Å²) in [4.78, 5) is 11.0. The number of carbonyl (C=O) groups excluding carboxylic acids is 1. The van der Waals surface area contributed by atoms with E-state index in [0.717, 1.165) is 0 Å². The summed E-state index contributed by atoms with van der Waals surface area (Å²) >= 11 is 5.96. The second-order valence-corrected chi connectivity index (χ2v) is 6.51. The summed E-state index contributed by atoms with van der Waals surface area (Å²) in [5.41, 5.74) is 0. The first-order chi connectivity index (χ1) is 9.80. The number of benzene rings is 1. The summed E-state index contributed by atoms with van der Waals surface area (Å²) in [5.74, 6) is -0.342. The number of nitrogens with one attached hydrogen (secondary N) is 1. The number of hydrogen-bond donors (Lipinski definition) is 1. The molecule has 0 bridgehead atoms. The largest absolute Gasteiger partial charge is 0.480 e. The molecule has 1 rings (SSSR count). The van der Waals surface area contributed by atoms with Gasteiger partial charge in [-0.25, -0.2) is 17.9 Å². The molecule has 0 aliphatic carbocycles. The average molecular weight is 336 g/mol. The van der Waals surface area contributed by atoms with Gasteiger partial charge in [-0.05, 0) is 31.5 Å². The monoisotopic (exact) mass is 335 g/mol. The summed E-state index contributed by atoms with van der Waals surface area (Å²) in [6.45, 7) is 3.35. The van der Waals surface area contributed by atoms with Crippen LogP contribution in [0.1, 0.15) is 20.3 Å². The van der Waals surface area contributed by atoms with Gasteiger partial charge in [0, 0.05) is 6.04 Å². The molecule has 0 saturated heterocycles. The third-order valence-corrected chi connectivity index (χ3v) is 4.64. The van der Waals surface area contributed by atoms with Crippen LogP contribution in [0, 0.1) is 0 Å². The predicted molar refractivity (Wildman–Crippen MR) is 79.0 cm³/mol. The van der Waals surface area contributed by atoms with Crippen LogP contribution in [0.15, 0.2) is 23.1 Å². The van der Waals surface area contributed by atoms with E-state index in [9.17, 15) is 13.2 Å². The molecule has 1 N–H and O–H groups in total. The van der Waals surface area contributed by atoms with Crippen molar-refractivity contribution in [3.63, 3.8) is 0 Å². The van der Waals surface area contributed by atoms with E-state index in [-0.39, 0.29) is 28.3 Å². The zero-order valence-electron chi connectivity index (χ0n) is 12.1. The fourth-order valence-electron chi connectivity index (χ4n) is 1.38. The van der Waals surface area contributed by atoms with Gasteiger partial charge >= 0.3 is 5.97 Å². The van der Waals surface area contributed by atoms with Crippen molar-refractivity contribution in [3.8, 4) is 5.75 Å². The number of methoxy groups -OCH3 is 1. The smallest absolute Gasteiger partial charge is 0.343 e. The Labute approximate surface area is 129 Å². The standard InChI is InChI=1S/C13H18ClNO5S/c1-4-9(2)15-21(17,18)10-5-6-12(11(14)7-10)20-8-13(16)19-3/h5-7,9,15H,4,8H2,1-3H3/t9-/m0/s1. The molecule has 0 heterocycles. The number of rotatable bonds is 7. The Balaban J connectivity index is 2.89. The van der Waals surface area contributed by atoms with Gasteiger partial charge in [-0.15, -0.1) is 0 Å². The van der Waals surface area contributed by atoms with Gasteiger partial charge < -0.3 is 9.47 Å². The van der Waals surface area contributed by atoms with Crippen LogP contribution in [0.25, 0.3) is 0 Å². The minimum absolute atomic E-state index is 0.0400. The first kappa shape index (κ1) is 17.7. The molecule has 21 heavy (non-hydrogen) atoms. The molecule has 1 aromatic carbocycles. The molecule has 1 atom stereocenters. The van der Waals surface area contributed by atoms with Crippen molar-refractivity contribution < 1.29 is 22.7 Å². The molecule has 0 spiro atoms. The third-order valence-electron chi connectivity index (χ3n) is 2.76. The van der Waals surface area contributed by atoms with Crippen molar-refractivity contribution in [2.24, 2.45) is 0 Å². The van der Waals surface area contributed by atoms with Gasteiger partial charge in [-0.1, -0.05) is 18.5 Å². The van der Waals surface area contributed by atoms with Crippen molar-refractivity contribution in [3.05, 3.63) is 23.2 Å². The van der Waals surface area contributed by atoms with Gasteiger partial charge in [0.15, 0.2) is 6.61 Å². The topological polar surface area (TPSA) is 81.7 Å². The molecule has 0 aromatic heterocycles. The molecule has 0 unspecified atom stereocenters. The highest BCUT2D eigenvalue weighted by Crippen LogP contribution is 2.27. The first-order valence-electron chi connectivity index (χ1n) is 6.31. The van der Waals surface area contributed by atoms with E-state index in [1.54, 1.807) is 6.92 Å². The average Bonchev–Trinajstić information content (AvgIpc) is 2.44. The Bertz CT molecular complexity index is 603. The van der Waals surface area contributed by atoms with Crippen LogP contribution in [0.2, 0.25) is 5.02 Å². The summed E-state index contributed by atoms with van der Waals surface area (Å²) in [6, 6.07) is 3.86. The Hall–Kier alpha value is -1.31. The van der Waals surface area contributed by atoms with E-state index in [1.807, 2.05) is 6.92 Å². The second-order valence-electron chi connectivity index (χ2n) is 4.39. The maximum absolute atomic E-state index is 12.1. The molecule has 118 valence electrons. The van der Waals surface area contributed by atoms with Crippen LogP contribution in [0.4, 0.5) is 0 Å². The molecular formula is C13H18ClNO5S. The minimum atomic E-state index is -3.63. The van der Waals surface area contributed by atoms with E-state index in [4.69, 9.17) is 16.3 Å². The Morgan fingerprint density at radius 1 is 1.43 bits per heavy atom. The SMILES string of the molecule is CC[C@H](C)NS(=O)(=O)c1ccc(OCC(=O)OC)c(Cl)c1. The van der Waals surface area contributed by atoms with Gasteiger partial charge in [0.25, 0.3) is 0 Å². The van der Waals surface area contributed by atoms with Gasteiger partial charge in [0.2, 0.25) is 10.0 Å². The lowest BCUT2D eigenvalue weighted by molar-refractivity contribution is -0.142. The van der Waals surface area contributed by atoms with Crippen LogP contribution in [-0.2, 0) is 19.6 Å². The van der Waals surface area contributed by atoms with Gasteiger partial charge in [0.1, 0.15) is 5.75 Å². The van der Waals surface area contributed by atoms with E-state index in [2.05, 4.69) is 9.46 Å². The van der Waals surface area contributed by atoms with Crippen LogP contribution >= 0.6 is 11.6 Å². The van der Waals surface area contributed by atoms with Crippen molar-refractivity contribution in [2.75, 3.05) is 13.7 Å². The number of hydrogen-bond acceptors (Lipinski definition) is 5. The first-order valence-corrected chi connectivity index (χ1v) is 8.17. The minimum Gasteiger partial charge on any atom is -0.480 e. The lowest BCUT2D eigenvalue weighted by Crippen LogP contribution is -2.32. The summed E-state index contributed by atoms with van der Waals surface area (Å²) in [6.07, 6.45) is 0.674. The van der Waals surface area contributed by atoms with Crippen molar-refractivity contribution in [1.82, 2.24) is 4.72 Å². The molecule has 0 saturated carbocycles. The van der Waals surface area contributed by atoms with Crippen molar-refractivity contribution in [2.45, 2.75) is 31.2 Å². The zero-order chi connectivity index (χ0) is 16.0. The molecule has 0 amide bonds. The maximum Gasteiger partial charge on any atom is 0.343 e. The molecule has 0 aliphatic rings. The zero-order valence-corrected chi connectivity index (χ0v) is 13.6. The maximum atomic E-state index is 12.1. The third kappa shape index (κ3) is 5.18. The molecule has 8 heteroatoms. The van der Waals surface area contributed by atoms with Crippen LogP contribution in [-0.4, -0.2) is 34.1 Å². The fourth-order valence-corrected chi connectivity index (χ4v) is 3.03. The van der Waals surface area contributed by atoms with Crippen molar-refractivity contribution in [1.29, 1.82) is 0 Å². The number of sulfonamides is 1. The molecule has 0 aliphatic heterocycles. The van der Waals surface area contributed by atoms with Gasteiger partial charge in [-0.3, -0.25) is 0 Å². The van der Waals surface area contributed by atoms with E-state index < -0.39 is 16.0 Å². The molecule has 0 fully saturated rings. The Morgan fingerprint density at radius 3 is 2.62 bits per heavy atom. The number of esters is 1. The molecule has 6 nitrogen and oxygen atoms in total. The quantitative estimate of drug-likeness (QED) is 0.770. The normalized spacial score (nSPS) is 12.8. The lowest BCUT2D eigenvalue weighted by Gasteiger charge is -2.13.